The van der Waals surface area contributed by atoms with Crippen molar-refractivity contribution in [1.29, 1.82) is 0 Å². The number of methoxy groups -OCH3 is 1. The first-order chi connectivity index (χ1) is 7.76. The summed E-state index contributed by atoms with van der Waals surface area (Å²) in [6, 6.07) is 6.74. The molecule has 0 heterocycles. The second kappa shape index (κ2) is 7.36. The molecule has 1 aromatic rings. The Hall–Kier alpha value is -0.930. The molecule has 0 aliphatic carbocycles. The van der Waals surface area contributed by atoms with Crippen molar-refractivity contribution in [3.05, 3.63) is 35.6 Å². The summed E-state index contributed by atoms with van der Waals surface area (Å²) >= 11 is 0. The van der Waals surface area contributed by atoms with Gasteiger partial charge in [0, 0.05) is 13.7 Å². The van der Waals surface area contributed by atoms with E-state index < -0.39 is 0 Å². The van der Waals surface area contributed by atoms with Crippen LogP contribution < -0.4 is 5.32 Å². The van der Waals surface area contributed by atoms with E-state index in [9.17, 15) is 4.39 Å². The van der Waals surface area contributed by atoms with E-state index in [2.05, 4.69) is 5.32 Å². The lowest BCUT2D eigenvalue weighted by atomic mass is 9.96. The van der Waals surface area contributed by atoms with Gasteiger partial charge in [0.15, 0.2) is 0 Å². The van der Waals surface area contributed by atoms with E-state index in [1.165, 1.54) is 17.7 Å². The van der Waals surface area contributed by atoms with Crippen molar-refractivity contribution in [1.82, 2.24) is 5.32 Å². The molecule has 1 aromatic carbocycles. The summed E-state index contributed by atoms with van der Waals surface area (Å²) in [7, 11) is 3.67. The zero-order valence-corrected chi connectivity index (χ0v) is 10.0. The minimum absolute atomic E-state index is 0.175. The van der Waals surface area contributed by atoms with Gasteiger partial charge in [-0.3, -0.25) is 0 Å². The van der Waals surface area contributed by atoms with Crippen LogP contribution in [0.15, 0.2) is 24.3 Å². The van der Waals surface area contributed by atoms with Crippen molar-refractivity contribution in [2.24, 2.45) is 5.92 Å². The molecule has 0 radical (unpaired) electrons. The van der Waals surface area contributed by atoms with Crippen LogP contribution in [0.1, 0.15) is 12.0 Å². The molecule has 3 heteroatoms. The molecule has 0 spiro atoms. The molecule has 0 fully saturated rings. The van der Waals surface area contributed by atoms with Gasteiger partial charge in [0.05, 0.1) is 0 Å². The van der Waals surface area contributed by atoms with Crippen molar-refractivity contribution >= 4 is 0 Å². The Bertz CT molecular complexity index is 286. The molecule has 0 aliphatic rings. The van der Waals surface area contributed by atoms with Crippen molar-refractivity contribution in [3.63, 3.8) is 0 Å². The van der Waals surface area contributed by atoms with E-state index >= 15 is 0 Å². The van der Waals surface area contributed by atoms with Crippen LogP contribution >= 0.6 is 0 Å². The highest BCUT2D eigenvalue weighted by molar-refractivity contribution is 5.16. The topological polar surface area (TPSA) is 21.3 Å². The van der Waals surface area contributed by atoms with E-state index in [1.54, 1.807) is 7.11 Å². The van der Waals surface area contributed by atoms with E-state index in [0.717, 1.165) is 26.0 Å². The lowest BCUT2D eigenvalue weighted by Gasteiger charge is -2.16. The fourth-order valence-electron chi connectivity index (χ4n) is 1.80. The Labute approximate surface area is 96.8 Å². The molecule has 1 N–H and O–H groups in total. The van der Waals surface area contributed by atoms with Crippen LogP contribution in [-0.4, -0.2) is 27.3 Å². The first-order valence-corrected chi connectivity index (χ1v) is 5.64. The molecule has 1 unspecified atom stereocenters. The van der Waals surface area contributed by atoms with Gasteiger partial charge in [-0.2, -0.15) is 0 Å². The Kier molecular flexibility index (Phi) is 6.04. The second-order valence-electron chi connectivity index (χ2n) is 4.04. The number of nitrogens with one attached hydrogen (secondary N) is 1. The maximum atomic E-state index is 12.7. The fourth-order valence-corrected chi connectivity index (χ4v) is 1.80. The van der Waals surface area contributed by atoms with Crippen LogP contribution in [0.2, 0.25) is 0 Å². The predicted octanol–water partition coefficient (Wildman–Crippen LogP) is 2.24. The number of hydrogen-bond acceptors (Lipinski definition) is 2. The highest BCUT2D eigenvalue weighted by Crippen LogP contribution is 2.12. The SMILES string of the molecule is CNCC(CCOC)Cc1ccc(F)cc1. The van der Waals surface area contributed by atoms with E-state index in [1.807, 2.05) is 19.2 Å². The molecule has 1 rings (SSSR count). The third-order valence-corrected chi connectivity index (χ3v) is 2.66. The first-order valence-electron chi connectivity index (χ1n) is 5.64. The van der Waals surface area contributed by atoms with Crippen molar-refractivity contribution in [2.75, 3.05) is 27.3 Å². The predicted molar refractivity (Wildman–Crippen MR) is 64.0 cm³/mol. The maximum Gasteiger partial charge on any atom is 0.123 e. The summed E-state index contributed by atoms with van der Waals surface area (Å²) in [5.74, 6) is 0.362. The second-order valence-corrected chi connectivity index (χ2v) is 4.04. The van der Waals surface area contributed by atoms with Gasteiger partial charge < -0.3 is 10.1 Å². The Morgan fingerprint density at radius 2 is 2.00 bits per heavy atom. The Morgan fingerprint density at radius 1 is 1.31 bits per heavy atom. The monoisotopic (exact) mass is 225 g/mol. The normalized spacial score (nSPS) is 12.7. The van der Waals surface area contributed by atoms with E-state index in [0.29, 0.717) is 5.92 Å². The Balaban J connectivity index is 2.49. The maximum absolute atomic E-state index is 12.7. The van der Waals surface area contributed by atoms with Crippen LogP contribution in [-0.2, 0) is 11.2 Å². The lowest BCUT2D eigenvalue weighted by molar-refractivity contribution is 0.176. The van der Waals surface area contributed by atoms with Gasteiger partial charge in [-0.25, -0.2) is 4.39 Å². The highest BCUT2D eigenvalue weighted by atomic mass is 19.1. The van der Waals surface area contributed by atoms with Crippen LogP contribution in [0.4, 0.5) is 4.39 Å². The molecule has 0 saturated heterocycles. The molecule has 0 amide bonds. The minimum atomic E-state index is -0.175. The summed E-state index contributed by atoms with van der Waals surface area (Å²) in [5, 5.41) is 3.18. The number of halogens is 1. The summed E-state index contributed by atoms with van der Waals surface area (Å²) in [6.07, 6.45) is 1.99. The average Bonchev–Trinajstić information content (AvgIpc) is 2.29. The van der Waals surface area contributed by atoms with Gasteiger partial charge in [-0.1, -0.05) is 12.1 Å². The largest absolute Gasteiger partial charge is 0.385 e. The van der Waals surface area contributed by atoms with Gasteiger partial charge in [0.1, 0.15) is 5.82 Å². The molecular weight excluding hydrogens is 205 g/mol. The molecule has 0 saturated carbocycles. The van der Waals surface area contributed by atoms with Crippen LogP contribution in [0.3, 0.4) is 0 Å². The fraction of sp³-hybridized carbons (Fsp3) is 0.538. The zero-order chi connectivity index (χ0) is 11.8. The molecule has 0 aromatic heterocycles. The van der Waals surface area contributed by atoms with Crippen LogP contribution in [0.5, 0.6) is 0 Å². The molecule has 2 nitrogen and oxygen atoms in total. The Morgan fingerprint density at radius 3 is 2.56 bits per heavy atom. The van der Waals surface area contributed by atoms with Crippen molar-refractivity contribution in [3.8, 4) is 0 Å². The first kappa shape index (κ1) is 13.1. The smallest absolute Gasteiger partial charge is 0.123 e. The van der Waals surface area contributed by atoms with E-state index in [-0.39, 0.29) is 5.82 Å². The zero-order valence-electron chi connectivity index (χ0n) is 10.0. The summed E-state index contributed by atoms with van der Waals surface area (Å²) in [6.45, 7) is 1.73. The van der Waals surface area contributed by atoms with Gasteiger partial charge in [0.25, 0.3) is 0 Å². The van der Waals surface area contributed by atoms with Gasteiger partial charge in [0.2, 0.25) is 0 Å². The number of benzene rings is 1. The summed E-state index contributed by atoms with van der Waals surface area (Å²) < 4.78 is 17.8. The lowest BCUT2D eigenvalue weighted by Crippen LogP contribution is -2.22. The van der Waals surface area contributed by atoms with E-state index in [4.69, 9.17) is 4.74 Å². The minimum Gasteiger partial charge on any atom is -0.385 e. The molecule has 0 aliphatic heterocycles. The van der Waals surface area contributed by atoms with Gasteiger partial charge in [-0.05, 0) is 50.0 Å². The average molecular weight is 225 g/mol. The van der Waals surface area contributed by atoms with Crippen molar-refractivity contribution in [2.45, 2.75) is 12.8 Å². The third kappa shape index (κ3) is 4.73. The molecule has 90 valence electrons. The summed E-state index contributed by atoms with van der Waals surface area (Å²) in [5.41, 5.74) is 1.18. The summed E-state index contributed by atoms with van der Waals surface area (Å²) in [4.78, 5) is 0. The van der Waals surface area contributed by atoms with Crippen molar-refractivity contribution < 1.29 is 9.13 Å². The van der Waals surface area contributed by atoms with Gasteiger partial charge >= 0.3 is 0 Å². The molecular formula is C13H20FNO. The van der Waals surface area contributed by atoms with Crippen LogP contribution in [0, 0.1) is 11.7 Å². The third-order valence-electron chi connectivity index (χ3n) is 2.66. The molecule has 16 heavy (non-hydrogen) atoms. The highest BCUT2D eigenvalue weighted by Gasteiger charge is 2.08. The molecule has 1 atom stereocenters. The standard InChI is InChI=1S/C13H20FNO/c1-15-10-12(7-8-16-2)9-11-3-5-13(14)6-4-11/h3-6,12,15H,7-10H2,1-2H3. The molecule has 0 bridgehead atoms. The van der Waals surface area contributed by atoms with Gasteiger partial charge in [-0.15, -0.1) is 0 Å². The number of ether oxygens (including phenoxy) is 1. The van der Waals surface area contributed by atoms with Crippen LogP contribution in [0.25, 0.3) is 0 Å². The number of rotatable bonds is 7. The quantitative estimate of drug-likeness (QED) is 0.768. The number of hydrogen-bond donors (Lipinski definition) is 1.